The first-order valence-corrected chi connectivity index (χ1v) is 8.29. The second-order valence-electron chi connectivity index (χ2n) is 5.84. The van der Waals surface area contributed by atoms with Crippen LogP contribution in [0.25, 0.3) is 6.08 Å². The molecule has 0 unspecified atom stereocenters. The molecule has 0 saturated carbocycles. The van der Waals surface area contributed by atoms with Gasteiger partial charge in [-0.25, -0.2) is 0 Å². The van der Waals surface area contributed by atoms with E-state index in [2.05, 4.69) is 5.32 Å². The van der Waals surface area contributed by atoms with E-state index >= 15 is 0 Å². The number of fused-ring (bicyclic) bond motifs is 1. The van der Waals surface area contributed by atoms with E-state index in [1.807, 2.05) is 49.4 Å². The summed E-state index contributed by atoms with van der Waals surface area (Å²) in [4.78, 5) is 12.0. The number of methoxy groups -OCH3 is 1. The Hall–Kier alpha value is -3.15. The SMILES string of the molecule is COc1ccc(OC[C@@H](C)NC(=O)/C=C/c2ccc3c(c2)OCO3)cc1. The van der Waals surface area contributed by atoms with Crippen LogP contribution in [-0.2, 0) is 4.79 Å². The van der Waals surface area contributed by atoms with Crippen LogP contribution in [-0.4, -0.2) is 32.5 Å². The van der Waals surface area contributed by atoms with Gasteiger partial charge in [-0.05, 0) is 55.0 Å². The minimum atomic E-state index is -0.187. The Kier molecular flexibility index (Phi) is 5.63. The fourth-order valence-electron chi connectivity index (χ4n) is 2.41. The summed E-state index contributed by atoms with van der Waals surface area (Å²) in [6.45, 7) is 2.49. The van der Waals surface area contributed by atoms with Crippen molar-refractivity contribution in [3.8, 4) is 23.0 Å². The molecule has 0 spiro atoms. The van der Waals surface area contributed by atoms with Crippen LogP contribution in [0.4, 0.5) is 0 Å². The smallest absolute Gasteiger partial charge is 0.244 e. The molecule has 1 heterocycles. The fraction of sp³-hybridized carbons (Fsp3) is 0.250. The van der Waals surface area contributed by atoms with E-state index in [0.717, 1.165) is 22.8 Å². The summed E-state index contributed by atoms with van der Waals surface area (Å²) < 4.78 is 21.3. The van der Waals surface area contributed by atoms with Crippen molar-refractivity contribution < 1.29 is 23.7 Å². The average molecular weight is 355 g/mol. The minimum absolute atomic E-state index is 0.133. The molecule has 0 bridgehead atoms. The van der Waals surface area contributed by atoms with E-state index in [1.165, 1.54) is 6.08 Å². The van der Waals surface area contributed by atoms with Gasteiger partial charge in [-0.2, -0.15) is 0 Å². The molecule has 0 saturated heterocycles. The number of benzene rings is 2. The first-order chi connectivity index (χ1) is 12.6. The van der Waals surface area contributed by atoms with E-state index in [1.54, 1.807) is 13.2 Å². The second-order valence-corrected chi connectivity index (χ2v) is 5.84. The molecule has 6 heteroatoms. The van der Waals surface area contributed by atoms with E-state index < -0.39 is 0 Å². The lowest BCUT2D eigenvalue weighted by Gasteiger charge is -2.14. The van der Waals surface area contributed by atoms with Gasteiger partial charge in [0.1, 0.15) is 18.1 Å². The van der Waals surface area contributed by atoms with Gasteiger partial charge < -0.3 is 24.3 Å². The van der Waals surface area contributed by atoms with Crippen LogP contribution in [0.2, 0.25) is 0 Å². The molecule has 1 aliphatic rings. The maximum atomic E-state index is 12.0. The third-order valence-corrected chi connectivity index (χ3v) is 3.77. The number of amides is 1. The third kappa shape index (κ3) is 4.69. The van der Waals surface area contributed by atoms with Crippen LogP contribution in [0.3, 0.4) is 0 Å². The minimum Gasteiger partial charge on any atom is -0.497 e. The second kappa shape index (κ2) is 8.29. The first kappa shape index (κ1) is 17.7. The monoisotopic (exact) mass is 355 g/mol. The molecule has 26 heavy (non-hydrogen) atoms. The number of ether oxygens (including phenoxy) is 4. The molecule has 1 atom stereocenters. The topological polar surface area (TPSA) is 66.0 Å². The maximum Gasteiger partial charge on any atom is 0.244 e. The van der Waals surface area contributed by atoms with Gasteiger partial charge in [0.15, 0.2) is 11.5 Å². The van der Waals surface area contributed by atoms with E-state index in [9.17, 15) is 4.79 Å². The molecular weight excluding hydrogens is 334 g/mol. The zero-order valence-electron chi connectivity index (χ0n) is 14.7. The molecule has 1 amide bonds. The van der Waals surface area contributed by atoms with Crippen molar-refractivity contribution in [2.75, 3.05) is 20.5 Å². The van der Waals surface area contributed by atoms with Crippen LogP contribution >= 0.6 is 0 Å². The van der Waals surface area contributed by atoms with Crippen LogP contribution in [0.5, 0.6) is 23.0 Å². The number of hydrogen-bond donors (Lipinski definition) is 1. The van der Waals surface area contributed by atoms with Crippen molar-refractivity contribution in [1.29, 1.82) is 0 Å². The van der Waals surface area contributed by atoms with E-state index in [-0.39, 0.29) is 18.7 Å². The van der Waals surface area contributed by atoms with E-state index in [0.29, 0.717) is 12.4 Å². The van der Waals surface area contributed by atoms with Crippen molar-refractivity contribution in [3.63, 3.8) is 0 Å². The normalized spacial score (nSPS) is 13.5. The van der Waals surface area contributed by atoms with Crippen LogP contribution < -0.4 is 24.3 Å². The average Bonchev–Trinajstić information content (AvgIpc) is 3.13. The highest BCUT2D eigenvalue weighted by Crippen LogP contribution is 2.32. The van der Waals surface area contributed by atoms with Gasteiger partial charge >= 0.3 is 0 Å². The zero-order chi connectivity index (χ0) is 18.4. The van der Waals surface area contributed by atoms with Gasteiger partial charge in [0, 0.05) is 6.08 Å². The summed E-state index contributed by atoms with van der Waals surface area (Å²) in [6, 6.07) is 12.7. The Morgan fingerprint density at radius 2 is 1.88 bits per heavy atom. The molecule has 2 aromatic carbocycles. The number of hydrogen-bond acceptors (Lipinski definition) is 5. The zero-order valence-corrected chi connectivity index (χ0v) is 14.7. The molecule has 0 radical (unpaired) electrons. The molecule has 0 aliphatic carbocycles. The Morgan fingerprint density at radius 3 is 2.65 bits per heavy atom. The van der Waals surface area contributed by atoms with Crippen LogP contribution in [0.1, 0.15) is 12.5 Å². The maximum absolute atomic E-state index is 12.0. The first-order valence-electron chi connectivity index (χ1n) is 8.29. The highest BCUT2D eigenvalue weighted by Gasteiger charge is 2.12. The summed E-state index contributed by atoms with van der Waals surface area (Å²) in [5.41, 5.74) is 0.867. The lowest BCUT2D eigenvalue weighted by atomic mass is 10.2. The van der Waals surface area contributed by atoms with Crippen molar-refractivity contribution in [1.82, 2.24) is 5.32 Å². The van der Waals surface area contributed by atoms with Gasteiger partial charge in [-0.3, -0.25) is 4.79 Å². The lowest BCUT2D eigenvalue weighted by molar-refractivity contribution is -0.117. The van der Waals surface area contributed by atoms with Gasteiger partial charge in [-0.15, -0.1) is 0 Å². The Labute approximate surface area is 152 Å². The fourth-order valence-corrected chi connectivity index (χ4v) is 2.41. The molecule has 0 fully saturated rings. The van der Waals surface area contributed by atoms with E-state index in [4.69, 9.17) is 18.9 Å². The predicted molar refractivity (Wildman–Crippen MR) is 97.7 cm³/mol. The van der Waals surface area contributed by atoms with Gasteiger partial charge in [0.2, 0.25) is 12.7 Å². The summed E-state index contributed by atoms with van der Waals surface area (Å²) in [5, 5.41) is 2.86. The van der Waals surface area contributed by atoms with Crippen molar-refractivity contribution >= 4 is 12.0 Å². The molecule has 136 valence electrons. The molecule has 1 aliphatic heterocycles. The summed E-state index contributed by atoms with van der Waals surface area (Å²) in [5.74, 6) is 2.72. The van der Waals surface area contributed by atoms with Crippen LogP contribution in [0.15, 0.2) is 48.5 Å². The highest BCUT2D eigenvalue weighted by atomic mass is 16.7. The van der Waals surface area contributed by atoms with Gasteiger partial charge in [0.25, 0.3) is 0 Å². The summed E-state index contributed by atoms with van der Waals surface area (Å²) >= 11 is 0. The largest absolute Gasteiger partial charge is 0.497 e. The summed E-state index contributed by atoms with van der Waals surface area (Å²) in [6.07, 6.45) is 3.22. The predicted octanol–water partition coefficient (Wildman–Crippen LogP) is 3.02. The molecule has 3 rings (SSSR count). The van der Waals surface area contributed by atoms with Gasteiger partial charge in [-0.1, -0.05) is 6.07 Å². The van der Waals surface area contributed by atoms with Gasteiger partial charge in [0.05, 0.1) is 13.2 Å². The molecule has 6 nitrogen and oxygen atoms in total. The number of carbonyl (C=O) groups is 1. The van der Waals surface area contributed by atoms with Crippen molar-refractivity contribution in [2.24, 2.45) is 0 Å². The summed E-state index contributed by atoms with van der Waals surface area (Å²) in [7, 11) is 1.62. The lowest BCUT2D eigenvalue weighted by Crippen LogP contribution is -2.35. The van der Waals surface area contributed by atoms with Crippen LogP contribution in [0, 0.1) is 0 Å². The Morgan fingerprint density at radius 1 is 1.15 bits per heavy atom. The molecular formula is C20H21NO5. The quantitative estimate of drug-likeness (QED) is 0.774. The van der Waals surface area contributed by atoms with Crippen molar-refractivity contribution in [2.45, 2.75) is 13.0 Å². The third-order valence-electron chi connectivity index (χ3n) is 3.77. The number of nitrogens with one attached hydrogen (secondary N) is 1. The molecule has 0 aromatic heterocycles. The van der Waals surface area contributed by atoms with Crippen molar-refractivity contribution in [3.05, 3.63) is 54.1 Å². The molecule has 2 aromatic rings. The molecule has 1 N–H and O–H groups in total. The highest BCUT2D eigenvalue weighted by molar-refractivity contribution is 5.92. The Balaban J connectivity index is 1.46. The number of rotatable bonds is 7. The number of carbonyl (C=O) groups excluding carboxylic acids is 1. The standard InChI is InChI=1S/C20H21NO5/c1-14(12-24-17-7-5-16(23-2)6-8-17)21-20(22)10-4-15-3-9-18-19(11-15)26-13-25-18/h3-11,14H,12-13H2,1-2H3,(H,21,22)/b10-4+/t14-/m1/s1. The Bertz CT molecular complexity index is 785.